The SMILES string of the molecule is C=CCCCOC(C=C)OCc1ccccc1. The fraction of sp³-hybridized carbons (Fsp3) is 0.333. The van der Waals surface area contributed by atoms with E-state index in [-0.39, 0.29) is 6.29 Å². The lowest BCUT2D eigenvalue weighted by Gasteiger charge is -2.14. The minimum absolute atomic E-state index is 0.333. The van der Waals surface area contributed by atoms with Crippen molar-refractivity contribution in [1.29, 1.82) is 0 Å². The van der Waals surface area contributed by atoms with Crippen molar-refractivity contribution in [3.63, 3.8) is 0 Å². The Hall–Kier alpha value is -1.38. The Kier molecular flexibility index (Phi) is 7.03. The first-order chi connectivity index (χ1) is 8.36. The summed E-state index contributed by atoms with van der Waals surface area (Å²) in [5.41, 5.74) is 1.13. The largest absolute Gasteiger partial charge is 0.349 e. The Morgan fingerprint density at radius 3 is 2.53 bits per heavy atom. The van der Waals surface area contributed by atoms with Crippen molar-refractivity contribution in [2.75, 3.05) is 6.61 Å². The van der Waals surface area contributed by atoms with Gasteiger partial charge in [0.1, 0.15) is 0 Å². The maximum absolute atomic E-state index is 5.59. The molecule has 1 aromatic carbocycles. The molecule has 0 aliphatic rings. The molecule has 0 amide bonds. The molecule has 0 spiro atoms. The van der Waals surface area contributed by atoms with Crippen molar-refractivity contribution in [1.82, 2.24) is 0 Å². The van der Waals surface area contributed by atoms with E-state index >= 15 is 0 Å². The van der Waals surface area contributed by atoms with Crippen LogP contribution in [-0.2, 0) is 16.1 Å². The van der Waals surface area contributed by atoms with E-state index in [4.69, 9.17) is 9.47 Å². The number of rotatable bonds is 9. The third-order valence-electron chi connectivity index (χ3n) is 2.28. The minimum atomic E-state index is -0.333. The molecule has 0 N–H and O–H groups in total. The number of unbranched alkanes of at least 4 members (excludes halogenated alkanes) is 1. The van der Waals surface area contributed by atoms with Crippen molar-refractivity contribution < 1.29 is 9.47 Å². The quantitative estimate of drug-likeness (QED) is 0.367. The summed E-state index contributed by atoms with van der Waals surface area (Å²) < 4.78 is 11.1. The monoisotopic (exact) mass is 232 g/mol. The first-order valence-electron chi connectivity index (χ1n) is 5.87. The van der Waals surface area contributed by atoms with Crippen LogP contribution in [-0.4, -0.2) is 12.9 Å². The van der Waals surface area contributed by atoms with Crippen LogP contribution < -0.4 is 0 Å². The zero-order chi connectivity index (χ0) is 12.3. The van der Waals surface area contributed by atoms with Gasteiger partial charge in [-0.3, -0.25) is 0 Å². The topological polar surface area (TPSA) is 18.5 Å². The van der Waals surface area contributed by atoms with Crippen LogP contribution in [0.4, 0.5) is 0 Å². The molecule has 0 heterocycles. The summed E-state index contributed by atoms with van der Waals surface area (Å²) in [4.78, 5) is 0. The predicted octanol–water partition coefficient (Wildman–Crippen LogP) is 3.70. The van der Waals surface area contributed by atoms with Crippen LogP contribution in [0.25, 0.3) is 0 Å². The van der Waals surface area contributed by atoms with Gasteiger partial charge in [0.15, 0.2) is 6.29 Å². The molecule has 17 heavy (non-hydrogen) atoms. The lowest BCUT2D eigenvalue weighted by Crippen LogP contribution is -2.14. The molecule has 1 rings (SSSR count). The van der Waals surface area contributed by atoms with Gasteiger partial charge in [0.2, 0.25) is 0 Å². The second-order valence-electron chi connectivity index (χ2n) is 3.70. The highest BCUT2D eigenvalue weighted by Crippen LogP contribution is 2.06. The Morgan fingerprint density at radius 1 is 1.12 bits per heavy atom. The van der Waals surface area contributed by atoms with E-state index in [9.17, 15) is 0 Å². The van der Waals surface area contributed by atoms with E-state index in [0.717, 1.165) is 18.4 Å². The van der Waals surface area contributed by atoms with Crippen LogP contribution in [0.5, 0.6) is 0 Å². The molecule has 2 nitrogen and oxygen atoms in total. The molecule has 2 heteroatoms. The van der Waals surface area contributed by atoms with Gasteiger partial charge < -0.3 is 9.47 Å². The molecular formula is C15H20O2. The van der Waals surface area contributed by atoms with Gasteiger partial charge >= 0.3 is 0 Å². The lowest BCUT2D eigenvalue weighted by molar-refractivity contribution is -0.119. The van der Waals surface area contributed by atoms with Crippen molar-refractivity contribution >= 4 is 0 Å². The van der Waals surface area contributed by atoms with Gasteiger partial charge in [0.05, 0.1) is 13.2 Å². The van der Waals surface area contributed by atoms with Gasteiger partial charge in [-0.25, -0.2) is 0 Å². The second kappa shape index (κ2) is 8.74. The summed E-state index contributed by atoms with van der Waals surface area (Å²) in [5.74, 6) is 0. The predicted molar refractivity (Wildman–Crippen MR) is 70.6 cm³/mol. The zero-order valence-electron chi connectivity index (χ0n) is 10.2. The van der Waals surface area contributed by atoms with E-state index in [2.05, 4.69) is 13.2 Å². The minimum Gasteiger partial charge on any atom is -0.349 e. The summed E-state index contributed by atoms with van der Waals surface area (Å²) in [5, 5.41) is 0. The fourth-order valence-electron chi connectivity index (χ4n) is 1.36. The van der Waals surface area contributed by atoms with Gasteiger partial charge in [0, 0.05) is 0 Å². The number of allylic oxidation sites excluding steroid dienone is 1. The van der Waals surface area contributed by atoms with Crippen LogP contribution in [0.1, 0.15) is 18.4 Å². The molecule has 0 radical (unpaired) electrons. The summed E-state index contributed by atoms with van der Waals surface area (Å²) in [6.07, 6.45) is 5.15. The molecule has 0 aliphatic carbocycles. The summed E-state index contributed by atoms with van der Waals surface area (Å²) in [6, 6.07) is 10.0. The maximum atomic E-state index is 5.59. The molecule has 1 aromatic rings. The van der Waals surface area contributed by atoms with Gasteiger partial charge in [-0.15, -0.1) is 6.58 Å². The summed E-state index contributed by atoms with van der Waals surface area (Å²) in [6.45, 7) is 8.57. The first-order valence-corrected chi connectivity index (χ1v) is 5.87. The standard InChI is InChI=1S/C15H20O2/c1-3-5-9-12-16-15(4-2)17-13-14-10-7-6-8-11-14/h3-4,6-8,10-11,15H,1-2,5,9,12-13H2. The van der Waals surface area contributed by atoms with Gasteiger partial charge in [-0.2, -0.15) is 0 Å². The average Bonchev–Trinajstić information content (AvgIpc) is 2.39. The molecule has 1 unspecified atom stereocenters. The highest BCUT2D eigenvalue weighted by Gasteiger charge is 2.03. The van der Waals surface area contributed by atoms with Gasteiger partial charge in [0.25, 0.3) is 0 Å². The van der Waals surface area contributed by atoms with E-state index < -0.39 is 0 Å². The molecule has 0 saturated carbocycles. The van der Waals surface area contributed by atoms with E-state index in [1.807, 2.05) is 36.4 Å². The van der Waals surface area contributed by atoms with Crippen molar-refractivity contribution in [3.8, 4) is 0 Å². The van der Waals surface area contributed by atoms with E-state index in [1.165, 1.54) is 0 Å². The lowest BCUT2D eigenvalue weighted by atomic mass is 10.2. The van der Waals surface area contributed by atoms with Crippen LogP contribution in [0.15, 0.2) is 55.6 Å². The van der Waals surface area contributed by atoms with Crippen LogP contribution in [0.3, 0.4) is 0 Å². The molecule has 0 aromatic heterocycles. The molecule has 0 bridgehead atoms. The van der Waals surface area contributed by atoms with Crippen LogP contribution in [0.2, 0.25) is 0 Å². The first kappa shape index (κ1) is 13.7. The van der Waals surface area contributed by atoms with Crippen molar-refractivity contribution in [2.24, 2.45) is 0 Å². The average molecular weight is 232 g/mol. The third kappa shape index (κ3) is 6.05. The normalized spacial score (nSPS) is 12.0. The number of ether oxygens (including phenoxy) is 2. The van der Waals surface area contributed by atoms with Crippen LogP contribution >= 0.6 is 0 Å². The molecule has 0 aliphatic heterocycles. The Bertz CT molecular complexity index is 319. The molecule has 0 fully saturated rings. The molecular weight excluding hydrogens is 212 g/mol. The third-order valence-corrected chi connectivity index (χ3v) is 2.28. The highest BCUT2D eigenvalue weighted by molar-refractivity contribution is 5.13. The fourth-order valence-corrected chi connectivity index (χ4v) is 1.36. The number of benzene rings is 1. The van der Waals surface area contributed by atoms with Crippen molar-refractivity contribution in [3.05, 3.63) is 61.2 Å². The van der Waals surface area contributed by atoms with E-state index in [1.54, 1.807) is 6.08 Å². The Balaban J connectivity index is 2.22. The highest BCUT2D eigenvalue weighted by atomic mass is 16.7. The Labute approximate surface area is 104 Å². The molecule has 92 valence electrons. The maximum Gasteiger partial charge on any atom is 0.176 e. The molecule has 0 saturated heterocycles. The number of hydrogen-bond acceptors (Lipinski definition) is 2. The van der Waals surface area contributed by atoms with Crippen molar-refractivity contribution in [2.45, 2.75) is 25.7 Å². The summed E-state index contributed by atoms with van der Waals surface area (Å²) >= 11 is 0. The summed E-state index contributed by atoms with van der Waals surface area (Å²) in [7, 11) is 0. The molecule has 1 atom stereocenters. The van der Waals surface area contributed by atoms with Crippen LogP contribution in [0, 0.1) is 0 Å². The second-order valence-corrected chi connectivity index (χ2v) is 3.70. The van der Waals surface area contributed by atoms with Gasteiger partial charge in [-0.05, 0) is 24.5 Å². The number of hydrogen-bond donors (Lipinski definition) is 0. The zero-order valence-corrected chi connectivity index (χ0v) is 10.2. The smallest absolute Gasteiger partial charge is 0.176 e. The van der Waals surface area contributed by atoms with Gasteiger partial charge in [-0.1, -0.05) is 43.0 Å². The Morgan fingerprint density at radius 2 is 1.88 bits per heavy atom. The van der Waals surface area contributed by atoms with E-state index in [0.29, 0.717) is 13.2 Å².